The van der Waals surface area contributed by atoms with Crippen LogP contribution in [0.2, 0.25) is 0 Å². The molecule has 0 aromatic heterocycles. The van der Waals surface area contributed by atoms with E-state index >= 15 is 0 Å². The molecule has 2 rings (SSSR count). The number of ether oxygens (including phenoxy) is 1. The van der Waals surface area contributed by atoms with E-state index in [1.807, 2.05) is 13.1 Å². The lowest BCUT2D eigenvalue weighted by Gasteiger charge is -2.32. The van der Waals surface area contributed by atoms with Crippen LogP contribution >= 0.6 is 0 Å². The molecule has 1 aromatic carbocycles. The zero-order valence-electron chi connectivity index (χ0n) is 11.5. The number of para-hydroxylation sites is 1. The van der Waals surface area contributed by atoms with Gasteiger partial charge in [0.1, 0.15) is 12.4 Å². The molecule has 1 atom stereocenters. The Morgan fingerprint density at radius 1 is 1.33 bits per heavy atom. The van der Waals surface area contributed by atoms with Gasteiger partial charge in [0.25, 0.3) is 0 Å². The van der Waals surface area contributed by atoms with Gasteiger partial charge in [-0.15, -0.1) is 0 Å². The minimum absolute atomic E-state index is 0.124. The number of hydrogen-bond donors (Lipinski definition) is 2. The quantitative estimate of drug-likeness (QED) is 0.810. The van der Waals surface area contributed by atoms with E-state index in [0.29, 0.717) is 12.5 Å². The molecule has 0 heterocycles. The first-order chi connectivity index (χ1) is 8.63. The van der Waals surface area contributed by atoms with Crippen LogP contribution in [-0.4, -0.2) is 30.9 Å². The van der Waals surface area contributed by atoms with E-state index in [1.54, 1.807) is 0 Å². The van der Waals surface area contributed by atoms with Crippen molar-refractivity contribution in [3.8, 4) is 5.75 Å². The van der Waals surface area contributed by atoms with Crippen molar-refractivity contribution in [1.29, 1.82) is 0 Å². The molecule has 2 N–H and O–H groups in total. The summed E-state index contributed by atoms with van der Waals surface area (Å²) in [5.74, 6) is 1.49. The van der Waals surface area contributed by atoms with Crippen LogP contribution in [0, 0.1) is 19.8 Å². The third kappa shape index (κ3) is 2.52. The molecule has 0 saturated heterocycles. The number of likely N-dealkylation sites (N-methyl/N-ethyl adjacent to an activating group) is 1. The monoisotopic (exact) mass is 249 g/mol. The van der Waals surface area contributed by atoms with E-state index in [4.69, 9.17) is 4.74 Å². The molecule has 1 unspecified atom stereocenters. The summed E-state index contributed by atoms with van der Waals surface area (Å²) < 4.78 is 5.99. The van der Waals surface area contributed by atoms with Crippen molar-refractivity contribution >= 4 is 0 Å². The van der Waals surface area contributed by atoms with Crippen molar-refractivity contribution in [3.05, 3.63) is 29.3 Å². The van der Waals surface area contributed by atoms with Gasteiger partial charge >= 0.3 is 0 Å². The van der Waals surface area contributed by atoms with Crippen LogP contribution < -0.4 is 10.1 Å². The molecule has 1 saturated carbocycles. The molecule has 1 aromatic rings. The topological polar surface area (TPSA) is 41.5 Å². The lowest BCUT2D eigenvalue weighted by Crippen LogP contribution is -2.53. The summed E-state index contributed by atoms with van der Waals surface area (Å²) in [6, 6.07) is 6.15. The van der Waals surface area contributed by atoms with Gasteiger partial charge in [0.05, 0.1) is 12.1 Å². The fraction of sp³-hybridized carbons (Fsp3) is 0.600. The first kappa shape index (κ1) is 13.4. The minimum Gasteiger partial charge on any atom is -0.491 e. The fourth-order valence-corrected chi connectivity index (χ4v) is 2.51. The zero-order chi connectivity index (χ0) is 13.2. The maximum absolute atomic E-state index is 9.66. The van der Waals surface area contributed by atoms with Crippen LogP contribution in [0.5, 0.6) is 5.75 Å². The highest BCUT2D eigenvalue weighted by atomic mass is 16.5. The summed E-state index contributed by atoms with van der Waals surface area (Å²) in [5, 5.41) is 12.9. The zero-order valence-corrected chi connectivity index (χ0v) is 11.5. The van der Waals surface area contributed by atoms with Crippen molar-refractivity contribution in [2.24, 2.45) is 5.92 Å². The van der Waals surface area contributed by atoms with Gasteiger partial charge in [-0.3, -0.25) is 0 Å². The summed E-state index contributed by atoms with van der Waals surface area (Å²) in [7, 11) is 1.91. The lowest BCUT2D eigenvalue weighted by molar-refractivity contribution is 0.0908. The largest absolute Gasteiger partial charge is 0.491 e. The molecule has 18 heavy (non-hydrogen) atoms. The Kier molecular flexibility index (Phi) is 3.93. The van der Waals surface area contributed by atoms with Crippen LogP contribution in [-0.2, 0) is 0 Å². The van der Waals surface area contributed by atoms with E-state index < -0.39 is 0 Å². The van der Waals surface area contributed by atoms with E-state index in [0.717, 1.165) is 16.9 Å². The molecule has 1 fully saturated rings. The smallest absolute Gasteiger partial charge is 0.125 e. The van der Waals surface area contributed by atoms with Crippen molar-refractivity contribution < 1.29 is 9.84 Å². The van der Waals surface area contributed by atoms with Gasteiger partial charge < -0.3 is 15.2 Å². The highest BCUT2D eigenvalue weighted by Crippen LogP contribution is 2.40. The summed E-state index contributed by atoms with van der Waals surface area (Å²) in [4.78, 5) is 0. The number of benzene rings is 1. The molecule has 0 aliphatic heterocycles. The molecule has 0 amide bonds. The lowest BCUT2D eigenvalue weighted by atomic mass is 9.95. The summed E-state index contributed by atoms with van der Waals surface area (Å²) in [6.07, 6.45) is 2.36. The molecular formula is C15H23NO2. The number of aryl methyl sites for hydroxylation is 2. The molecule has 0 bridgehead atoms. The van der Waals surface area contributed by atoms with E-state index in [1.165, 1.54) is 12.8 Å². The SMILES string of the molecule is CNC(CO)(COc1c(C)cccc1C)C1CC1. The maximum atomic E-state index is 9.66. The van der Waals surface area contributed by atoms with E-state index in [-0.39, 0.29) is 12.1 Å². The molecule has 1 aliphatic rings. The fourth-order valence-electron chi connectivity index (χ4n) is 2.51. The molecular weight excluding hydrogens is 226 g/mol. The predicted octanol–water partition coefficient (Wildman–Crippen LogP) is 2.04. The summed E-state index contributed by atoms with van der Waals surface area (Å²) in [6.45, 7) is 4.76. The van der Waals surface area contributed by atoms with Crippen molar-refractivity contribution in [3.63, 3.8) is 0 Å². The van der Waals surface area contributed by atoms with Gasteiger partial charge in [0, 0.05) is 0 Å². The van der Waals surface area contributed by atoms with Gasteiger partial charge in [-0.2, -0.15) is 0 Å². The highest BCUT2D eigenvalue weighted by Gasteiger charge is 2.44. The maximum Gasteiger partial charge on any atom is 0.125 e. The second-order valence-corrected chi connectivity index (χ2v) is 5.35. The number of rotatable bonds is 6. The van der Waals surface area contributed by atoms with Crippen LogP contribution in [0.1, 0.15) is 24.0 Å². The average molecular weight is 249 g/mol. The molecule has 0 radical (unpaired) electrons. The first-order valence-corrected chi connectivity index (χ1v) is 6.62. The number of aliphatic hydroxyl groups excluding tert-OH is 1. The Hall–Kier alpha value is -1.06. The molecule has 3 heteroatoms. The van der Waals surface area contributed by atoms with Gasteiger partial charge in [0.15, 0.2) is 0 Å². The summed E-state index contributed by atoms with van der Waals surface area (Å²) in [5.41, 5.74) is 2.01. The average Bonchev–Trinajstić information content (AvgIpc) is 3.19. The van der Waals surface area contributed by atoms with Crippen molar-refractivity contribution in [2.75, 3.05) is 20.3 Å². The standard InChI is InChI=1S/C15H23NO2/c1-11-5-4-6-12(2)14(11)18-10-15(9-17,16-3)13-7-8-13/h4-6,13,16-17H,7-10H2,1-3H3. The molecule has 3 nitrogen and oxygen atoms in total. The second kappa shape index (κ2) is 5.29. The number of hydrogen-bond acceptors (Lipinski definition) is 3. The van der Waals surface area contributed by atoms with Gasteiger partial charge in [0.2, 0.25) is 0 Å². The van der Waals surface area contributed by atoms with Crippen LogP contribution in [0.25, 0.3) is 0 Å². The van der Waals surface area contributed by atoms with Gasteiger partial charge in [-0.05, 0) is 50.8 Å². The molecule has 1 aliphatic carbocycles. The van der Waals surface area contributed by atoms with Crippen molar-refractivity contribution in [2.45, 2.75) is 32.2 Å². The third-order valence-electron chi connectivity index (χ3n) is 4.02. The Balaban J connectivity index is 2.10. The third-order valence-corrected chi connectivity index (χ3v) is 4.02. The number of nitrogens with one attached hydrogen (secondary N) is 1. The van der Waals surface area contributed by atoms with E-state index in [2.05, 4.69) is 31.3 Å². The van der Waals surface area contributed by atoms with Crippen LogP contribution in [0.3, 0.4) is 0 Å². The first-order valence-electron chi connectivity index (χ1n) is 6.62. The minimum atomic E-state index is -0.283. The molecule has 100 valence electrons. The Morgan fingerprint density at radius 2 is 1.94 bits per heavy atom. The van der Waals surface area contributed by atoms with Crippen LogP contribution in [0.15, 0.2) is 18.2 Å². The molecule has 0 spiro atoms. The van der Waals surface area contributed by atoms with Gasteiger partial charge in [-0.1, -0.05) is 18.2 Å². The normalized spacial score (nSPS) is 18.4. The highest BCUT2D eigenvalue weighted by molar-refractivity contribution is 5.39. The van der Waals surface area contributed by atoms with Crippen LogP contribution in [0.4, 0.5) is 0 Å². The van der Waals surface area contributed by atoms with Gasteiger partial charge in [-0.25, -0.2) is 0 Å². The Bertz CT molecular complexity index is 389. The number of aliphatic hydroxyl groups is 1. The van der Waals surface area contributed by atoms with E-state index in [9.17, 15) is 5.11 Å². The Labute approximate surface area is 109 Å². The second-order valence-electron chi connectivity index (χ2n) is 5.35. The van der Waals surface area contributed by atoms with Crippen molar-refractivity contribution in [1.82, 2.24) is 5.32 Å². The Morgan fingerprint density at radius 3 is 2.39 bits per heavy atom. The predicted molar refractivity (Wildman–Crippen MR) is 73.0 cm³/mol. The summed E-state index contributed by atoms with van der Waals surface area (Å²) >= 11 is 0.